The summed E-state index contributed by atoms with van der Waals surface area (Å²) < 4.78 is 28.5. The van der Waals surface area contributed by atoms with Crippen molar-refractivity contribution in [2.45, 2.75) is 32.4 Å². The van der Waals surface area contributed by atoms with Crippen molar-refractivity contribution in [2.24, 2.45) is 0 Å². The molecule has 2 aromatic rings. The Labute approximate surface area is 109 Å². The van der Waals surface area contributed by atoms with Crippen molar-refractivity contribution in [2.75, 3.05) is 0 Å². The predicted octanol–water partition coefficient (Wildman–Crippen LogP) is 1.72. The van der Waals surface area contributed by atoms with Gasteiger partial charge in [-0.2, -0.15) is 5.10 Å². The molecule has 1 N–H and O–H groups in total. The Morgan fingerprint density at radius 1 is 1.26 bits per heavy atom. The fourth-order valence-electron chi connectivity index (χ4n) is 1.96. The Hall–Kier alpha value is -1.82. The van der Waals surface area contributed by atoms with E-state index in [4.69, 9.17) is 0 Å². The van der Waals surface area contributed by atoms with Gasteiger partial charge in [-0.3, -0.25) is 4.68 Å². The second-order valence-corrected chi connectivity index (χ2v) is 4.25. The fourth-order valence-corrected chi connectivity index (χ4v) is 1.96. The molecule has 2 rings (SSSR count). The van der Waals surface area contributed by atoms with Crippen molar-refractivity contribution >= 4 is 0 Å². The molecule has 0 saturated heterocycles. The van der Waals surface area contributed by atoms with Gasteiger partial charge in [0.05, 0.1) is 6.10 Å². The van der Waals surface area contributed by atoms with Crippen molar-refractivity contribution in [3.63, 3.8) is 0 Å². The molecule has 4 nitrogen and oxygen atoms in total. The molecule has 0 spiro atoms. The topological polar surface area (TPSA) is 50.9 Å². The highest BCUT2D eigenvalue weighted by atomic mass is 19.1. The predicted molar refractivity (Wildman–Crippen MR) is 65.5 cm³/mol. The molecule has 0 radical (unpaired) electrons. The molecule has 1 heterocycles. The molecular weight excluding hydrogens is 252 g/mol. The van der Waals surface area contributed by atoms with Crippen molar-refractivity contribution in [1.82, 2.24) is 14.8 Å². The Morgan fingerprint density at radius 3 is 2.58 bits per heavy atom. The summed E-state index contributed by atoms with van der Waals surface area (Å²) >= 11 is 0. The number of halogens is 2. The van der Waals surface area contributed by atoms with E-state index in [0.717, 1.165) is 0 Å². The van der Waals surface area contributed by atoms with Crippen LogP contribution in [-0.2, 0) is 19.4 Å². The van der Waals surface area contributed by atoms with Gasteiger partial charge in [-0.15, -0.1) is 0 Å². The van der Waals surface area contributed by atoms with Gasteiger partial charge in [0.15, 0.2) is 0 Å². The first kappa shape index (κ1) is 13.6. The quantitative estimate of drug-likeness (QED) is 0.897. The summed E-state index contributed by atoms with van der Waals surface area (Å²) in [6.07, 6.45) is 0.618. The van der Waals surface area contributed by atoms with Crippen molar-refractivity contribution in [3.05, 3.63) is 47.5 Å². The SMILES string of the molecule is CCn1ncnc1CC(O)Cc1c(F)cccc1F. The number of aromatic nitrogens is 3. The van der Waals surface area contributed by atoms with Gasteiger partial charge in [0.1, 0.15) is 23.8 Å². The van der Waals surface area contributed by atoms with Gasteiger partial charge < -0.3 is 5.11 Å². The third kappa shape index (κ3) is 3.14. The molecule has 102 valence electrons. The number of hydrogen-bond acceptors (Lipinski definition) is 3. The van der Waals surface area contributed by atoms with Gasteiger partial charge >= 0.3 is 0 Å². The van der Waals surface area contributed by atoms with Gasteiger partial charge in [0.2, 0.25) is 0 Å². The van der Waals surface area contributed by atoms with Crippen molar-refractivity contribution in [3.8, 4) is 0 Å². The van der Waals surface area contributed by atoms with Crippen molar-refractivity contribution in [1.29, 1.82) is 0 Å². The third-order valence-electron chi connectivity index (χ3n) is 2.91. The lowest BCUT2D eigenvalue weighted by atomic mass is 10.0. The van der Waals surface area contributed by atoms with Gasteiger partial charge in [0, 0.05) is 24.9 Å². The summed E-state index contributed by atoms with van der Waals surface area (Å²) in [5, 5.41) is 13.9. The molecule has 0 aliphatic heterocycles. The van der Waals surface area contributed by atoms with Gasteiger partial charge in [-0.05, 0) is 19.1 Å². The van der Waals surface area contributed by atoms with E-state index in [-0.39, 0.29) is 18.4 Å². The Kier molecular flexibility index (Phi) is 4.21. The van der Waals surface area contributed by atoms with E-state index in [1.807, 2.05) is 6.92 Å². The number of aliphatic hydroxyl groups excluding tert-OH is 1. The molecule has 1 aromatic carbocycles. The summed E-state index contributed by atoms with van der Waals surface area (Å²) in [6.45, 7) is 2.54. The van der Waals surface area contributed by atoms with Crippen LogP contribution in [0.15, 0.2) is 24.5 Å². The summed E-state index contributed by atoms with van der Waals surface area (Å²) in [6, 6.07) is 3.66. The Balaban J connectivity index is 2.07. The molecule has 1 aromatic heterocycles. The van der Waals surface area contributed by atoms with Gasteiger partial charge in [-0.25, -0.2) is 13.8 Å². The number of rotatable bonds is 5. The number of nitrogens with zero attached hydrogens (tertiary/aromatic N) is 3. The largest absolute Gasteiger partial charge is 0.392 e. The first-order valence-corrected chi connectivity index (χ1v) is 6.09. The van der Waals surface area contributed by atoms with E-state index < -0.39 is 17.7 Å². The maximum atomic E-state index is 13.5. The smallest absolute Gasteiger partial charge is 0.138 e. The van der Waals surface area contributed by atoms with Crippen LogP contribution in [0.25, 0.3) is 0 Å². The average Bonchev–Trinajstić information content (AvgIpc) is 2.81. The zero-order valence-electron chi connectivity index (χ0n) is 10.6. The molecular formula is C13H15F2N3O. The van der Waals surface area contributed by atoms with E-state index >= 15 is 0 Å². The van der Waals surface area contributed by atoms with Crippen LogP contribution in [0.3, 0.4) is 0 Å². The first-order valence-electron chi connectivity index (χ1n) is 6.09. The Morgan fingerprint density at radius 2 is 1.95 bits per heavy atom. The Bertz CT molecular complexity index is 536. The highest BCUT2D eigenvalue weighted by molar-refractivity contribution is 5.20. The fraction of sp³-hybridized carbons (Fsp3) is 0.385. The van der Waals surface area contributed by atoms with Crippen LogP contribution in [0.4, 0.5) is 8.78 Å². The third-order valence-corrected chi connectivity index (χ3v) is 2.91. The van der Waals surface area contributed by atoms with Crippen molar-refractivity contribution < 1.29 is 13.9 Å². The molecule has 0 amide bonds. The molecule has 0 saturated carbocycles. The van der Waals surface area contributed by atoms with E-state index in [0.29, 0.717) is 12.4 Å². The van der Waals surface area contributed by atoms with Crippen LogP contribution in [0, 0.1) is 11.6 Å². The van der Waals surface area contributed by atoms with E-state index in [2.05, 4.69) is 10.1 Å². The maximum Gasteiger partial charge on any atom is 0.138 e. The van der Waals surface area contributed by atoms with E-state index in [1.54, 1.807) is 4.68 Å². The summed E-state index contributed by atoms with van der Waals surface area (Å²) in [5.41, 5.74) is -0.0995. The molecule has 0 aliphatic carbocycles. The zero-order valence-corrected chi connectivity index (χ0v) is 10.6. The average molecular weight is 267 g/mol. The van der Waals surface area contributed by atoms with Crippen LogP contribution in [-0.4, -0.2) is 26.0 Å². The summed E-state index contributed by atoms with van der Waals surface area (Å²) in [5.74, 6) is -0.682. The lowest BCUT2D eigenvalue weighted by Crippen LogP contribution is -2.19. The molecule has 0 aliphatic rings. The van der Waals surface area contributed by atoms with E-state index in [9.17, 15) is 13.9 Å². The van der Waals surface area contributed by atoms with Crippen LogP contribution in [0.1, 0.15) is 18.3 Å². The summed E-state index contributed by atoms with van der Waals surface area (Å²) in [4.78, 5) is 4.02. The second-order valence-electron chi connectivity index (χ2n) is 4.25. The normalized spacial score (nSPS) is 12.6. The molecule has 0 bridgehead atoms. The lowest BCUT2D eigenvalue weighted by molar-refractivity contribution is 0.168. The molecule has 1 unspecified atom stereocenters. The second kappa shape index (κ2) is 5.88. The minimum Gasteiger partial charge on any atom is -0.392 e. The number of aryl methyl sites for hydroxylation is 1. The molecule has 19 heavy (non-hydrogen) atoms. The number of benzene rings is 1. The number of hydrogen-bond donors (Lipinski definition) is 1. The maximum absolute atomic E-state index is 13.5. The molecule has 6 heteroatoms. The first-order chi connectivity index (χ1) is 9.11. The van der Waals surface area contributed by atoms with Gasteiger partial charge in [0.25, 0.3) is 0 Å². The van der Waals surface area contributed by atoms with Crippen LogP contribution < -0.4 is 0 Å². The summed E-state index contributed by atoms with van der Waals surface area (Å²) in [7, 11) is 0. The van der Waals surface area contributed by atoms with Gasteiger partial charge in [-0.1, -0.05) is 6.07 Å². The van der Waals surface area contributed by atoms with Crippen LogP contribution in [0.2, 0.25) is 0 Å². The van der Waals surface area contributed by atoms with Crippen LogP contribution >= 0.6 is 0 Å². The zero-order chi connectivity index (χ0) is 13.8. The highest BCUT2D eigenvalue weighted by Gasteiger charge is 2.16. The molecule has 0 fully saturated rings. The van der Waals surface area contributed by atoms with Crippen LogP contribution in [0.5, 0.6) is 0 Å². The lowest BCUT2D eigenvalue weighted by Gasteiger charge is -2.12. The van der Waals surface area contributed by atoms with E-state index in [1.165, 1.54) is 24.5 Å². The standard InChI is InChI=1S/C13H15F2N3O/c1-2-18-13(16-8-17-18)7-9(19)6-10-11(14)4-3-5-12(10)15/h3-5,8-9,19H,2,6-7H2,1H3. The number of aliphatic hydroxyl groups is 1. The highest BCUT2D eigenvalue weighted by Crippen LogP contribution is 2.15. The minimum atomic E-state index is -0.902. The molecule has 1 atom stereocenters. The minimum absolute atomic E-state index is 0.0882. The monoisotopic (exact) mass is 267 g/mol.